The molecule has 4 aliphatic carbocycles. The van der Waals surface area contributed by atoms with Crippen molar-refractivity contribution < 1.29 is 60.6 Å². The van der Waals surface area contributed by atoms with Gasteiger partial charge in [0.1, 0.15) is 18.6 Å². The highest BCUT2D eigenvalue weighted by atomic mass is 28.4. The number of aldehydes is 1. The zero-order valence-corrected chi connectivity index (χ0v) is 58.8. The SMILES string of the molecule is CC(C)[C@@H](C)[C@@H](C)[C@@H](C)[C@@H](C)CN.CC(C)[C@@H](C)[C@@H](C)[C@@H](C)[C@@H](C)CN=CCCCC=NC[SiH]1OC2CCCCC(O)C2O1.NC[Si]12OC3CCCCC(O1)C3O2.O=CCCCC=NC[Si]12OC3CCCCC(O1)C3O2.OC1CCCCC(O)C1O. The van der Waals surface area contributed by atoms with Gasteiger partial charge in [-0.15, -0.1) is 0 Å². The van der Waals surface area contributed by atoms with Crippen LogP contribution in [0.4, 0.5) is 0 Å². The Bertz CT molecular complexity index is 1910. The van der Waals surface area contributed by atoms with Crippen LogP contribution in [0.3, 0.4) is 0 Å². The molecule has 4 bridgehead atoms. The zero-order chi connectivity index (χ0) is 63.0. The second kappa shape index (κ2) is 38.7. The van der Waals surface area contributed by atoms with Gasteiger partial charge in [0.15, 0.2) is 0 Å². The van der Waals surface area contributed by atoms with Crippen LogP contribution in [0.2, 0.25) is 0 Å². The molecular formula is C65H125N5O13Si3. The first-order chi connectivity index (χ1) is 41.1. The highest BCUT2D eigenvalue weighted by Gasteiger charge is 2.64. The third-order valence-electron chi connectivity index (χ3n) is 21.0. The standard InChI is InChI=1S/C25H48N2O3Si.C13H21NO4Si.C12H27N.C8H15NO3Si.C7H14O3/c1-18(2)20(4)22(6)21(5)19(3)16-26-14-10-7-11-15-27-17-31-29-24-13-9-8-12-23(28)25(24)30-31;15-9-5-1-4-8-14-10-19-16-11-6-2-3-7-12(17-19)13(11)18-19;1-8(2)10(4)12(6)11(5)9(3)7-13;9-5-13-10-6-3-1-2-4-7(11-13)8(6)12-13;8-5-3-1-2-4-6(9)7(5)10/h14-15,18-25,28,31H,7-13,16-17H2,1-6H3;8-9,11-13H,1-7,10H2;8-12H,7,13H2,1-6H3;6-8H,1-5,9H2;5-10H,1-4H2/t19-,20+,21-,22+,23?,24?,25?,31?;;9-,10+,11-,12+;;/m0.0../s1. The molecule has 10 unspecified atom stereocenters. The molecule has 4 saturated carbocycles. The molecule has 0 radical (unpaired) electrons. The Morgan fingerprint density at radius 2 is 0.884 bits per heavy atom. The van der Waals surface area contributed by atoms with Gasteiger partial charge in [-0.2, -0.15) is 0 Å². The molecule has 500 valence electrons. The third-order valence-corrected chi connectivity index (χ3v) is 27.8. The molecule has 86 heavy (non-hydrogen) atoms. The van der Waals surface area contributed by atoms with Crippen LogP contribution in [0.15, 0.2) is 15.0 Å². The van der Waals surface area contributed by atoms with Crippen molar-refractivity contribution in [2.24, 2.45) is 85.6 Å². The molecule has 5 heterocycles. The van der Waals surface area contributed by atoms with Crippen LogP contribution in [-0.2, 0) is 40.2 Å². The van der Waals surface area contributed by atoms with Gasteiger partial charge in [-0.05, 0) is 168 Å². The summed E-state index contributed by atoms with van der Waals surface area (Å²) in [4.78, 5) is 23.8. The largest absolute Gasteiger partial charge is 0.524 e. The number of hydrogen-bond acceptors (Lipinski definition) is 18. The van der Waals surface area contributed by atoms with Gasteiger partial charge in [-0.1, -0.05) is 134 Å². The maximum atomic E-state index is 10.2. The van der Waals surface area contributed by atoms with Crippen LogP contribution in [0.5, 0.6) is 0 Å². The quantitative estimate of drug-likeness (QED) is 0.0173. The molecule has 9 fully saturated rings. The van der Waals surface area contributed by atoms with E-state index in [4.69, 9.17) is 62.2 Å². The van der Waals surface area contributed by atoms with Gasteiger partial charge in [0, 0.05) is 13.0 Å². The first-order valence-corrected chi connectivity index (χ1v) is 40.1. The molecule has 21 heteroatoms. The average molecular weight is 1270 g/mol. The summed E-state index contributed by atoms with van der Waals surface area (Å²) in [6.07, 6.45) is 29.0. The summed E-state index contributed by atoms with van der Waals surface area (Å²) < 4.78 is 47.7. The molecule has 9 aliphatic rings. The summed E-state index contributed by atoms with van der Waals surface area (Å²) in [5.41, 5.74) is 11.3. The van der Waals surface area contributed by atoms with Crippen LogP contribution < -0.4 is 11.5 Å². The van der Waals surface area contributed by atoms with E-state index in [0.717, 1.165) is 157 Å². The Balaban J connectivity index is 0.000000210. The number of aliphatic hydroxyl groups is 4. The summed E-state index contributed by atoms with van der Waals surface area (Å²) in [5.74, 6) is 7.28. The Hall–Kier alpha value is -1.23. The van der Waals surface area contributed by atoms with E-state index < -0.39 is 45.2 Å². The van der Waals surface area contributed by atoms with Crippen LogP contribution >= 0.6 is 0 Å². The van der Waals surface area contributed by atoms with E-state index in [0.29, 0.717) is 55.5 Å². The molecule has 0 amide bonds. The van der Waals surface area contributed by atoms with Crippen LogP contribution in [0.1, 0.15) is 224 Å². The fourth-order valence-electron chi connectivity index (χ4n) is 13.5. The molecule has 0 spiro atoms. The Labute approximate surface area is 524 Å². The zero-order valence-electron chi connectivity index (χ0n) is 55.6. The second-order valence-corrected chi connectivity index (χ2v) is 34.5. The third kappa shape index (κ3) is 23.1. The number of unbranched alkanes of at least 4 members (excludes halogenated alkanes) is 4. The molecular weight excluding hydrogens is 1140 g/mol. The normalized spacial score (nSPS) is 36.5. The summed E-state index contributed by atoms with van der Waals surface area (Å²) >= 11 is 0. The number of nitrogens with zero attached hydrogens (tertiary/aromatic N) is 3. The fourth-order valence-corrected chi connectivity index (χ4v) is 20.9. The van der Waals surface area contributed by atoms with Crippen molar-refractivity contribution in [2.45, 2.75) is 298 Å². The monoisotopic (exact) mass is 1270 g/mol. The predicted molar refractivity (Wildman–Crippen MR) is 350 cm³/mol. The van der Waals surface area contributed by atoms with Crippen molar-refractivity contribution in [2.75, 3.05) is 31.6 Å². The molecule has 9 rings (SSSR count). The van der Waals surface area contributed by atoms with E-state index in [9.17, 15) is 9.90 Å². The predicted octanol–water partition coefficient (Wildman–Crippen LogP) is 9.61. The molecule has 5 aliphatic heterocycles. The summed E-state index contributed by atoms with van der Waals surface area (Å²) in [6, 6.07) is 0. The smallest absolute Gasteiger partial charge is 0.390 e. The molecule has 8 N–H and O–H groups in total. The Morgan fingerprint density at radius 3 is 1.35 bits per heavy atom. The molecule has 5 saturated heterocycles. The van der Waals surface area contributed by atoms with Crippen LogP contribution in [-0.4, -0.2) is 177 Å². The minimum atomic E-state index is -2.50. The molecule has 0 aromatic rings. The number of carbonyl (C=O) groups excluding carboxylic acids is 1. The maximum Gasteiger partial charge on any atom is 0.524 e. The Kier molecular flexibility index (Phi) is 34.0. The van der Waals surface area contributed by atoms with E-state index in [1.807, 2.05) is 12.4 Å². The fraction of sp³-hybridized carbons (Fsp3) is 0.938. The van der Waals surface area contributed by atoms with Crippen LogP contribution in [0.25, 0.3) is 0 Å². The van der Waals surface area contributed by atoms with Gasteiger partial charge in [0.05, 0.1) is 79.5 Å². The highest BCUT2D eigenvalue weighted by molar-refractivity contribution is 6.62. The molecule has 18 atom stereocenters. The van der Waals surface area contributed by atoms with Gasteiger partial charge >= 0.3 is 26.9 Å². The van der Waals surface area contributed by atoms with Crippen molar-refractivity contribution in [3.05, 3.63) is 0 Å². The van der Waals surface area contributed by atoms with Crippen molar-refractivity contribution in [3.63, 3.8) is 0 Å². The van der Waals surface area contributed by atoms with E-state index in [1.54, 1.807) is 0 Å². The van der Waals surface area contributed by atoms with E-state index in [-0.39, 0.29) is 54.9 Å². The lowest BCUT2D eigenvalue weighted by atomic mass is 9.74. The summed E-state index contributed by atoms with van der Waals surface area (Å²) in [7, 11) is -6.60. The van der Waals surface area contributed by atoms with Gasteiger partial charge in [-0.25, -0.2) is 0 Å². The number of aliphatic hydroxyl groups excluding tert-OH is 4. The lowest BCUT2D eigenvalue weighted by Crippen LogP contribution is -2.50. The average Bonchev–Trinajstić information content (AvgIpc) is 1.67. The number of hydrogen-bond donors (Lipinski definition) is 6. The van der Waals surface area contributed by atoms with E-state index in [1.165, 1.54) is 25.7 Å². The van der Waals surface area contributed by atoms with Gasteiger partial charge in [0.25, 0.3) is 0 Å². The van der Waals surface area contributed by atoms with Crippen molar-refractivity contribution >= 4 is 51.8 Å². The minimum Gasteiger partial charge on any atom is -0.390 e. The van der Waals surface area contributed by atoms with Crippen molar-refractivity contribution in [1.29, 1.82) is 0 Å². The van der Waals surface area contributed by atoms with Crippen LogP contribution in [0, 0.1) is 59.2 Å². The Morgan fingerprint density at radius 1 is 0.465 bits per heavy atom. The van der Waals surface area contributed by atoms with Gasteiger partial charge < -0.3 is 72.1 Å². The molecule has 0 aromatic heterocycles. The lowest BCUT2D eigenvalue weighted by Gasteiger charge is -2.32. The van der Waals surface area contributed by atoms with Crippen molar-refractivity contribution in [3.8, 4) is 0 Å². The number of fused-ring (bicyclic) bond motifs is 3. The first kappa shape index (κ1) is 75.5. The number of carbonyl (C=O) groups is 1. The summed E-state index contributed by atoms with van der Waals surface area (Å²) in [5, 5.41) is 37.6. The van der Waals surface area contributed by atoms with E-state index >= 15 is 0 Å². The molecule has 0 aromatic carbocycles. The second-order valence-electron chi connectivity index (χ2n) is 27.9. The van der Waals surface area contributed by atoms with Gasteiger partial charge in [0.2, 0.25) is 0 Å². The van der Waals surface area contributed by atoms with Crippen molar-refractivity contribution in [1.82, 2.24) is 0 Å². The van der Waals surface area contributed by atoms with E-state index in [2.05, 4.69) is 104 Å². The maximum absolute atomic E-state index is 10.2. The number of nitrogens with two attached hydrogens (primary N) is 2. The lowest BCUT2D eigenvalue weighted by molar-refractivity contribution is -0.107. The van der Waals surface area contributed by atoms with Gasteiger partial charge in [-0.3, -0.25) is 15.0 Å². The molecule has 18 nitrogen and oxygen atoms in total. The highest BCUT2D eigenvalue weighted by Crippen LogP contribution is 2.44. The number of rotatable bonds is 24. The number of aliphatic imine (C=N–C) groups is 3. The summed E-state index contributed by atoms with van der Waals surface area (Å²) in [6.45, 7) is 29.8. The first-order valence-electron chi connectivity index (χ1n) is 34.5. The minimum absolute atomic E-state index is 0.0993. The topological polar surface area (TPSA) is 261 Å².